The molecule has 0 bridgehead atoms. The maximum Gasteiger partial charge on any atom is 0.226 e. The van der Waals surface area contributed by atoms with Gasteiger partial charge in [0, 0.05) is 18.2 Å². The van der Waals surface area contributed by atoms with Gasteiger partial charge in [0.25, 0.3) is 0 Å². The van der Waals surface area contributed by atoms with E-state index in [1.54, 1.807) is 30.6 Å². The van der Waals surface area contributed by atoms with Gasteiger partial charge in [0.2, 0.25) is 17.2 Å². The first-order chi connectivity index (χ1) is 6.22. The Balaban J connectivity index is 2.45. The molecule has 0 saturated carbocycles. The number of carbonyl (C=O) groups is 1. The van der Waals surface area contributed by atoms with Crippen LogP contribution in [0.1, 0.15) is 0 Å². The Hall–Kier alpha value is -1.68. The third kappa shape index (κ3) is 1.03. The lowest BCUT2D eigenvalue weighted by atomic mass is 9.97. The predicted octanol–water partition coefficient (Wildman–Crippen LogP) is -0.988. The lowest BCUT2D eigenvalue weighted by Crippen LogP contribution is -2.55. The van der Waals surface area contributed by atoms with Crippen molar-refractivity contribution >= 4 is 11.5 Å². The smallest absolute Gasteiger partial charge is 0.226 e. The second kappa shape index (κ2) is 2.67. The van der Waals surface area contributed by atoms with Crippen LogP contribution in [0, 0.1) is 0 Å². The van der Waals surface area contributed by atoms with E-state index in [1.165, 1.54) is 4.57 Å². The summed E-state index contributed by atoms with van der Waals surface area (Å²) in [6.45, 7) is 0. The second-order valence-electron chi connectivity index (χ2n) is 2.76. The largest absolute Gasteiger partial charge is 0.838 e. The fourth-order valence-electron chi connectivity index (χ4n) is 1.24. The minimum atomic E-state index is -1.44. The van der Waals surface area contributed by atoms with Crippen LogP contribution in [0.3, 0.4) is 0 Å². The van der Waals surface area contributed by atoms with Crippen molar-refractivity contribution in [2.24, 2.45) is 0 Å². The summed E-state index contributed by atoms with van der Waals surface area (Å²) in [7, 11) is 0. The molecule has 1 aliphatic carbocycles. The van der Waals surface area contributed by atoms with Crippen molar-refractivity contribution in [1.29, 1.82) is 0 Å². The Morgan fingerprint density at radius 1 is 1.31 bits per heavy atom. The summed E-state index contributed by atoms with van der Waals surface area (Å²) in [6, 6.07) is 5.22. The number of pyridine rings is 1. The van der Waals surface area contributed by atoms with E-state index in [1.807, 2.05) is 0 Å². The predicted molar refractivity (Wildman–Crippen MR) is 41.3 cm³/mol. The van der Waals surface area contributed by atoms with Crippen LogP contribution < -0.4 is 9.67 Å². The van der Waals surface area contributed by atoms with Crippen LogP contribution >= 0.6 is 0 Å². The number of aliphatic hydroxyl groups is 1. The first-order valence-electron chi connectivity index (χ1n) is 3.81. The molecule has 4 heteroatoms. The van der Waals surface area contributed by atoms with Gasteiger partial charge < -0.3 is 10.2 Å². The number of aromatic nitrogens is 1. The quantitative estimate of drug-likeness (QED) is 0.560. The number of rotatable bonds is 1. The fraction of sp³-hybridized carbons (Fsp3) is 0.111. The van der Waals surface area contributed by atoms with Crippen molar-refractivity contribution in [2.75, 3.05) is 0 Å². The summed E-state index contributed by atoms with van der Waals surface area (Å²) in [5.41, 5.74) is 0.130. The van der Waals surface area contributed by atoms with E-state index in [2.05, 4.69) is 0 Å². The maximum atomic E-state index is 11.1. The summed E-state index contributed by atoms with van der Waals surface area (Å²) >= 11 is 0. The van der Waals surface area contributed by atoms with E-state index in [-0.39, 0.29) is 5.70 Å². The SMILES string of the molecule is O=C1C(O)=C([n+]2ccccc2)C1[O-]. The van der Waals surface area contributed by atoms with Crippen LogP contribution in [0.2, 0.25) is 0 Å². The number of hydrogen-bond donors (Lipinski definition) is 1. The molecular weight excluding hydrogens is 170 g/mol. The average molecular weight is 177 g/mol. The number of nitrogens with zero attached hydrogens (tertiary/aromatic N) is 1. The van der Waals surface area contributed by atoms with Gasteiger partial charge in [-0.3, -0.25) is 4.79 Å². The van der Waals surface area contributed by atoms with Gasteiger partial charge in [-0.05, 0) is 0 Å². The van der Waals surface area contributed by atoms with E-state index in [0.717, 1.165) is 0 Å². The lowest BCUT2D eigenvalue weighted by Gasteiger charge is -2.26. The van der Waals surface area contributed by atoms with Crippen molar-refractivity contribution in [3.05, 3.63) is 36.4 Å². The van der Waals surface area contributed by atoms with Crippen LogP contribution in [-0.4, -0.2) is 17.0 Å². The number of carbonyl (C=O) groups excluding carboxylic acids is 1. The Bertz CT molecular complexity index is 383. The normalized spacial score (nSPS) is 21.6. The van der Waals surface area contributed by atoms with Crippen molar-refractivity contribution in [3.63, 3.8) is 0 Å². The number of ketones is 1. The molecule has 0 amide bonds. The Morgan fingerprint density at radius 3 is 2.46 bits per heavy atom. The van der Waals surface area contributed by atoms with Crippen LogP contribution in [0.4, 0.5) is 0 Å². The van der Waals surface area contributed by atoms with Crippen LogP contribution in [0.15, 0.2) is 36.4 Å². The fourth-order valence-corrected chi connectivity index (χ4v) is 1.24. The molecule has 0 fully saturated rings. The summed E-state index contributed by atoms with van der Waals surface area (Å²) in [4.78, 5) is 10.7. The van der Waals surface area contributed by atoms with Crippen LogP contribution in [0.25, 0.3) is 5.70 Å². The maximum absolute atomic E-state index is 11.1. The molecule has 0 aromatic carbocycles. The number of aliphatic hydroxyl groups excluding tert-OH is 1. The molecule has 66 valence electrons. The monoisotopic (exact) mass is 177 g/mol. The van der Waals surface area contributed by atoms with Gasteiger partial charge in [0.15, 0.2) is 12.4 Å². The third-order valence-corrected chi connectivity index (χ3v) is 1.96. The first-order valence-corrected chi connectivity index (χ1v) is 3.81. The van der Waals surface area contributed by atoms with E-state index in [0.29, 0.717) is 0 Å². The molecule has 1 aliphatic rings. The highest BCUT2D eigenvalue weighted by Gasteiger charge is 2.38. The zero-order valence-electron chi connectivity index (χ0n) is 6.68. The van der Waals surface area contributed by atoms with E-state index in [9.17, 15) is 9.90 Å². The average Bonchev–Trinajstić information content (AvgIpc) is 2.19. The molecular formula is C9H7NO3. The summed E-state index contributed by atoms with van der Waals surface area (Å²) < 4.78 is 1.45. The van der Waals surface area contributed by atoms with Gasteiger partial charge in [-0.15, -0.1) is 0 Å². The number of Topliss-reactive ketones (excluding diaryl/α,β-unsaturated/α-hetero) is 1. The molecule has 0 spiro atoms. The van der Waals surface area contributed by atoms with E-state index >= 15 is 0 Å². The van der Waals surface area contributed by atoms with Crippen molar-refractivity contribution in [3.8, 4) is 0 Å². The Labute approximate surface area is 74.4 Å². The molecule has 1 atom stereocenters. The topological polar surface area (TPSA) is 64.2 Å². The zero-order valence-corrected chi connectivity index (χ0v) is 6.68. The highest BCUT2D eigenvalue weighted by Crippen LogP contribution is 2.19. The molecule has 0 radical (unpaired) electrons. The van der Waals surface area contributed by atoms with Gasteiger partial charge in [0.05, 0.1) is 0 Å². The standard InChI is InChI=1S/C9H7NO3/c11-7-6(8(12)9(7)13)10-4-2-1-3-5-10/h1-5,7,12H. The van der Waals surface area contributed by atoms with Crippen molar-refractivity contribution < 1.29 is 19.6 Å². The van der Waals surface area contributed by atoms with E-state index in [4.69, 9.17) is 5.11 Å². The van der Waals surface area contributed by atoms with E-state index < -0.39 is 17.6 Å². The lowest BCUT2D eigenvalue weighted by molar-refractivity contribution is -0.603. The van der Waals surface area contributed by atoms with Gasteiger partial charge in [-0.1, -0.05) is 6.07 Å². The summed E-state index contributed by atoms with van der Waals surface area (Å²) in [5.74, 6) is -1.15. The van der Waals surface area contributed by atoms with Crippen LogP contribution in [-0.2, 0) is 4.79 Å². The Kier molecular flexibility index (Phi) is 1.63. The Morgan fingerprint density at radius 2 is 1.92 bits per heavy atom. The molecule has 13 heavy (non-hydrogen) atoms. The first kappa shape index (κ1) is 7.94. The zero-order chi connectivity index (χ0) is 9.42. The second-order valence-corrected chi connectivity index (χ2v) is 2.76. The molecule has 1 aromatic rings. The van der Waals surface area contributed by atoms with Crippen molar-refractivity contribution in [1.82, 2.24) is 0 Å². The molecule has 2 rings (SSSR count). The molecule has 1 unspecified atom stereocenters. The minimum absolute atomic E-state index is 0.130. The number of hydrogen-bond acceptors (Lipinski definition) is 3. The molecule has 1 aromatic heterocycles. The van der Waals surface area contributed by atoms with Gasteiger partial charge in [-0.25, -0.2) is 0 Å². The molecule has 0 saturated heterocycles. The van der Waals surface area contributed by atoms with Crippen molar-refractivity contribution in [2.45, 2.75) is 6.10 Å². The molecule has 4 nitrogen and oxygen atoms in total. The highest BCUT2D eigenvalue weighted by atomic mass is 16.3. The van der Waals surface area contributed by atoms with Gasteiger partial charge >= 0.3 is 0 Å². The third-order valence-electron chi connectivity index (χ3n) is 1.96. The van der Waals surface area contributed by atoms with Gasteiger partial charge in [-0.2, -0.15) is 4.57 Å². The molecule has 1 N–H and O–H groups in total. The molecule has 1 heterocycles. The summed E-state index contributed by atoms with van der Waals surface area (Å²) in [6.07, 6.45) is 1.79. The highest BCUT2D eigenvalue weighted by molar-refractivity contribution is 6.13. The summed E-state index contributed by atoms with van der Waals surface area (Å²) in [5, 5.41) is 20.2. The minimum Gasteiger partial charge on any atom is -0.838 e. The van der Waals surface area contributed by atoms with Gasteiger partial charge in [0.1, 0.15) is 0 Å². The molecule has 0 aliphatic heterocycles. The van der Waals surface area contributed by atoms with Crippen LogP contribution in [0.5, 0.6) is 0 Å².